The summed E-state index contributed by atoms with van der Waals surface area (Å²) in [6, 6.07) is 0. The summed E-state index contributed by atoms with van der Waals surface area (Å²) < 4.78 is 5.27. The number of nitrogens with zero attached hydrogens (tertiary/aromatic N) is 4. The molecule has 0 aliphatic carbocycles. The summed E-state index contributed by atoms with van der Waals surface area (Å²) in [4.78, 5) is 14.4. The Labute approximate surface area is 86.8 Å². The lowest BCUT2D eigenvalue weighted by Crippen LogP contribution is -2.04. The average molecular weight is 206 g/mol. The maximum Gasteiger partial charge on any atom is 0.217 e. The van der Waals surface area contributed by atoms with Crippen LogP contribution in [0.3, 0.4) is 0 Å². The van der Waals surface area contributed by atoms with Crippen molar-refractivity contribution in [3.05, 3.63) is 46.8 Å². The molecule has 0 aromatic heterocycles. The molecule has 0 N–H and O–H groups in total. The number of hydrogen-bond acceptors (Lipinski definition) is 3. The monoisotopic (exact) mass is 206 g/mol. The Balaban J connectivity index is 2.43. The minimum atomic E-state index is 0.281. The SMILES string of the molecule is [N-]=[N+]=NCCOC1=CC=CN(C=O)C=C1. The molecule has 1 heterocycles. The van der Waals surface area contributed by atoms with Crippen molar-refractivity contribution in [3.8, 4) is 0 Å². The largest absolute Gasteiger partial charge is 0.493 e. The van der Waals surface area contributed by atoms with Gasteiger partial charge in [0.25, 0.3) is 0 Å². The van der Waals surface area contributed by atoms with Gasteiger partial charge in [-0.1, -0.05) is 5.11 Å². The quantitative estimate of drug-likeness (QED) is 0.225. The van der Waals surface area contributed by atoms with E-state index in [0.29, 0.717) is 18.8 Å². The molecule has 0 radical (unpaired) electrons. The number of ether oxygens (including phenoxy) is 1. The van der Waals surface area contributed by atoms with Crippen LogP contribution in [0.2, 0.25) is 0 Å². The first-order valence-electron chi connectivity index (χ1n) is 4.30. The van der Waals surface area contributed by atoms with E-state index in [0.717, 1.165) is 0 Å². The van der Waals surface area contributed by atoms with E-state index in [-0.39, 0.29) is 6.54 Å². The standard InChI is InChI=1S/C9H10N4O2/c10-12-11-4-7-15-9-2-1-5-13(8-14)6-3-9/h1-3,5-6,8H,4,7H2. The van der Waals surface area contributed by atoms with Crippen molar-refractivity contribution in [3.63, 3.8) is 0 Å². The summed E-state index contributed by atoms with van der Waals surface area (Å²) in [6.45, 7) is 0.595. The summed E-state index contributed by atoms with van der Waals surface area (Å²) in [5, 5.41) is 3.33. The fraction of sp³-hybridized carbons (Fsp3) is 0.222. The third-order valence-electron chi connectivity index (χ3n) is 1.57. The lowest BCUT2D eigenvalue weighted by molar-refractivity contribution is -0.114. The molecular weight excluding hydrogens is 196 g/mol. The van der Waals surface area contributed by atoms with Gasteiger partial charge in [0.1, 0.15) is 5.76 Å². The molecule has 0 aromatic rings. The number of azide groups is 1. The smallest absolute Gasteiger partial charge is 0.217 e. The molecule has 0 unspecified atom stereocenters. The highest BCUT2D eigenvalue weighted by Crippen LogP contribution is 2.05. The minimum absolute atomic E-state index is 0.281. The zero-order chi connectivity index (χ0) is 10.9. The fourth-order valence-electron chi connectivity index (χ4n) is 0.918. The third kappa shape index (κ3) is 4.02. The van der Waals surface area contributed by atoms with E-state index in [1.54, 1.807) is 30.6 Å². The topological polar surface area (TPSA) is 78.3 Å². The van der Waals surface area contributed by atoms with Gasteiger partial charge in [0.2, 0.25) is 6.41 Å². The molecule has 0 saturated carbocycles. The predicted molar refractivity (Wildman–Crippen MR) is 54.2 cm³/mol. The van der Waals surface area contributed by atoms with Crippen LogP contribution in [0.25, 0.3) is 10.4 Å². The first-order valence-corrected chi connectivity index (χ1v) is 4.30. The van der Waals surface area contributed by atoms with Crippen molar-refractivity contribution in [2.45, 2.75) is 0 Å². The Morgan fingerprint density at radius 3 is 3.20 bits per heavy atom. The molecule has 1 aliphatic rings. The first-order chi connectivity index (χ1) is 7.36. The van der Waals surface area contributed by atoms with Gasteiger partial charge < -0.3 is 4.74 Å². The average Bonchev–Trinajstić information content (AvgIpc) is 2.49. The summed E-state index contributed by atoms with van der Waals surface area (Å²) in [5.74, 6) is 0.615. The van der Waals surface area contributed by atoms with Gasteiger partial charge in [0.15, 0.2) is 0 Å². The van der Waals surface area contributed by atoms with Gasteiger partial charge in [-0.05, 0) is 23.8 Å². The molecule has 0 bridgehead atoms. The minimum Gasteiger partial charge on any atom is -0.493 e. The molecule has 78 valence electrons. The van der Waals surface area contributed by atoms with Crippen molar-refractivity contribution in [1.29, 1.82) is 0 Å². The molecule has 0 spiro atoms. The predicted octanol–water partition coefficient (Wildman–Crippen LogP) is 1.70. The first kappa shape index (κ1) is 10.9. The number of hydrogen-bond donors (Lipinski definition) is 0. The molecule has 0 fully saturated rings. The number of amides is 1. The van der Waals surface area contributed by atoms with E-state index in [4.69, 9.17) is 10.3 Å². The number of allylic oxidation sites excluding steroid dienone is 3. The van der Waals surface area contributed by atoms with Crippen LogP contribution in [-0.2, 0) is 9.53 Å². The van der Waals surface area contributed by atoms with Crippen LogP contribution in [0.1, 0.15) is 0 Å². The maximum atomic E-state index is 10.4. The molecule has 15 heavy (non-hydrogen) atoms. The van der Waals surface area contributed by atoms with Gasteiger partial charge >= 0.3 is 0 Å². The molecule has 6 nitrogen and oxygen atoms in total. The normalized spacial score (nSPS) is 13.9. The van der Waals surface area contributed by atoms with Crippen LogP contribution in [0.5, 0.6) is 0 Å². The van der Waals surface area contributed by atoms with Crippen molar-refractivity contribution >= 4 is 6.41 Å². The molecule has 0 atom stereocenters. The third-order valence-corrected chi connectivity index (χ3v) is 1.57. The number of rotatable bonds is 5. The van der Waals surface area contributed by atoms with Crippen LogP contribution >= 0.6 is 0 Å². The van der Waals surface area contributed by atoms with Crippen molar-refractivity contribution in [2.24, 2.45) is 5.11 Å². The molecule has 0 saturated heterocycles. The van der Waals surface area contributed by atoms with Crippen molar-refractivity contribution in [2.75, 3.05) is 13.2 Å². The van der Waals surface area contributed by atoms with E-state index in [1.165, 1.54) is 4.90 Å². The zero-order valence-electron chi connectivity index (χ0n) is 7.98. The Morgan fingerprint density at radius 1 is 1.60 bits per heavy atom. The van der Waals surface area contributed by atoms with Crippen LogP contribution in [0.15, 0.2) is 41.5 Å². The molecule has 6 heteroatoms. The Hall–Kier alpha value is -2.20. The second-order valence-corrected chi connectivity index (χ2v) is 2.58. The lowest BCUT2D eigenvalue weighted by atomic mass is 10.4. The summed E-state index contributed by atoms with van der Waals surface area (Å²) >= 11 is 0. The Kier molecular flexibility index (Phi) is 4.56. The second-order valence-electron chi connectivity index (χ2n) is 2.58. The van der Waals surface area contributed by atoms with E-state index in [9.17, 15) is 4.79 Å². The van der Waals surface area contributed by atoms with Crippen LogP contribution in [0, 0.1) is 0 Å². The van der Waals surface area contributed by atoms with Crippen LogP contribution in [0.4, 0.5) is 0 Å². The van der Waals surface area contributed by atoms with E-state index in [1.807, 2.05) is 0 Å². The van der Waals surface area contributed by atoms with Crippen LogP contribution in [-0.4, -0.2) is 24.5 Å². The van der Waals surface area contributed by atoms with E-state index >= 15 is 0 Å². The van der Waals surface area contributed by atoms with Gasteiger partial charge in [0, 0.05) is 17.3 Å². The lowest BCUT2D eigenvalue weighted by Gasteiger charge is -2.04. The maximum absolute atomic E-state index is 10.4. The zero-order valence-corrected chi connectivity index (χ0v) is 7.98. The molecule has 1 rings (SSSR count). The van der Waals surface area contributed by atoms with Crippen molar-refractivity contribution < 1.29 is 9.53 Å². The molecule has 1 aliphatic heterocycles. The molecular formula is C9H10N4O2. The van der Waals surface area contributed by atoms with Crippen LogP contribution < -0.4 is 0 Å². The van der Waals surface area contributed by atoms with E-state index in [2.05, 4.69) is 10.0 Å². The number of carbonyl (C=O) groups excluding carboxylic acids is 1. The van der Waals surface area contributed by atoms with Gasteiger partial charge in [-0.25, -0.2) is 0 Å². The van der Waals surface area contributed by atoms with Gasteiger partial charge in [0.05, 0.1) is 13.2 Å². The highest BCUT2D eigenvalue weighted by Gasteiger charge is 1.97. The fourth-order valence-corrected chi connectivity index (χ4v) is 0.918. The summed E-state index contributed by atoms with van der Waals surface area (Å²) in [5.41, 5.74) is 8.03. The summed E-state index contributed by atoms with van der Waals surface area (Å²) in [6.07, 6.45) is 8.94. The van der Waals surface area contributed by atoms with Crippen molar-refractivity contribution in [1.82, 2.24) is 4.90 Å². The molecule has 0 aromatic carbocycles. The second kappa shape index (κ2) is 6.28. The highest BCUT2D eigenvalue weighted by atomic mass is 16.5. The summed E-state index contributed by atoms with van der Waals surface area (Å²) in [7, 11) is 0. The van der Waals surface area contributed by atoms with E-state index < -0.39 is 0 Å². The van der Waals surface area contributed by atoms with Gasteiger partial charge in [-0.15, -0.1) is 0 Å². The Morgan fingerprint density at radius 2 is 2.47 bits per heavy atom. The molecule has 1 amide bonds. The van der Waals surface area contributed by atoms with Gasteiger partial charge in [-0.3, -0.25) is 9.69 Å². The number of carbonyl (C=O) groups is 1. The Bertz CT molecular complexity index is 353. The highest BCUT2D eigenvalue weighted by molar-refractivity contribution is 5.52. The van der Waals surface area contributed by atoms with Gasteiger partial charge in [-0.2, -0.15) is 0 Å².